The molecule has 0 radical (unpaired) electrons. The van der Waals surface area contributed by atoms with Gasteiger partial charge in [-0.25, -0.2) is 9.83 Å². The van der Waals surface area contributed by atoms with Gasteiger partial charge < -0.3 is 9.53 Å². The van der Waals surface area contributed by atoms with Gasteiger partial charge in [-0.15, -0.1) is 0 Å². The number of pyridine rings is 1. The van der Waals surface area contributed by atoms with Gasteiger partial charge in [0.15, 0.2) is 11.6 Å². The van der Waals surface area contributed by atoms with Crippen molar-refractivity contribution in [1.29, 1.82) is 0 Å². The molecule has 0 saturated heterocycles. The molecule has 0 saturated carbocycles. The maximum absolute atomic E-state index is 12.5. The van der Waals surface area contributed by atoms with Crippen LogP contribution in [0, 0.1) is 18.4 Å². The van der Waals surface area contributed by atoms with E-state index in [1.807, 2.05) is 25.1 Å². The summed E-state index contributed by atoms with van der Waals surface area (Å²) in [6, 6.07) is 3.72. The first kappa shape index (κ1) is 17.3. The zero-order valence-electron chi connectivity index (χ0n) is 15.6. The van der Waals surface area contributed by atoms with Crippen molar-refractivity contribution in [2.24, 2.45) is 11.8 Å². The van der Waals surface area contributed by atoms with Gasteiger partial charge in [0.25, 0.3) is 0 Å². The van der Waals surface area contributed by atoms with Gasteiger partial charge in [-0.1, -0.05) is 19.9 Å². The van der Waals surface area contributed by atoms with Crippen LogP contribution in [-0.2, 0) is 16.6 Å². The van der Waals surface area contributed by atoms with Crippen LogP contribution >= 0.6 is 0 Å². The summed E-state index contributed by atoms with van der Waals surface area (Å²) in [5, 5.41) is 0. The summed E-state index contributed by atoms with van der Waals surface area (Å²) in [5.41, 5.74) is 2.39. The summed E-state index contributed by atoms with van der Waals surface area (Å²) in [4.78, 5) is 29.6. The molecule has 0 spiro atoms. The normalized spacial score (nSPS) is 26.4. The Balaban J connectivity index is 1.98. The van der Waals surface area contributed by atoms with Gasteiger partial charge in [0, 0.05) is 34.9 Å². The number of ketones is 1. The first-order chi connectivity index (χ1) is 13.0. The van der Waals surface area contributed by atoms with E-state index in [9.17, 15) is 4.79 Å². The molecule has 0 N–H and O–H groups in total. The van der Waals surface area contributed by atoms with Crippen LogP contribution in [0.5, 0.6) is 5.88 Å². The second-order valence-electron chi connectivity index (χ2n) is 7.34. The van der Waals surface area contributed by atoms with E-state index in [1.54, 1.807) is 19.5 Å². The van der Waals surface area contributed by atoms with E-state index in [2.05, 4.69) is 21.7 Å². The highest BCUT2D eigenvalue weighted by Crippen LogP contribution is 2.51. The lowest BCUT2D eigenvalue weighted by Gasteiger charge is -2.45. The van der Waals surface area contributed by atoms with Crippen molar-refractivity contribution >= 4 is 5.78 Å². The van der Waals surface area contributed by atoms with Crippen molar-refractivity contribution in [3.8, 4) is 17.3 Å². The van der Waals surface area contributed by atoms with Crippen molar-refractivity contribution in [1.82, 2.24) is 15.0 Å². The molecule has 2 heterocycles. The molecule has 3 atom stereocenters. The van der Waals surface area contributed by atoms with Crippen LogP contribution in [0.25, 0.3) is 16.2 Å². The number of aromatic nitrogens is 3. The lowest BCUT2D eigenvalue weighted by molar-refractivity contribution is -0.121. The first-order valence-electron chi connectivity index (χ1n) is 9.00. The topological polar surface area (TPSA) is 69.3 Å². The number of hydrogen-bond donors (Lipinski definition) is 0. The average Bonchev–Trinajstić information content (AvgIpc) is 2.70. The predicted molar refractivity (Wildman–Crippen MR) is 99.8 cm³/mol. The van der Waals surface area contributed by atoms with Gasteiger partial charge in [-0.3, -0.25) is 4.98 Å². The van der Waals surface area contributed by atoms with E-state index in [4.69, 9.17) is 16.3 Å². The summed E-state index contributed by atoms with van der Waals surface area (Å²) < 4.78 is 5.59. The Bertz CT molecular complexity index is 993. The Kier molecular flexibility index (Phi) is 4.03. The Hall–Kier alpha value is -3.07. The number of nitrogens with zero attached hydrogens (tertiary/aromatic N) is 4. The third-order valence-corrected chi connectivity index (χ3v) is 5.91. The Morgan fingerprint density at radius 2 is 2.04 bits per heavy atom. The predicted octanol–water partition coefficient (Wildman–Crippen LogP) is 3.39. The van der Waals surface area contributed by atoms with Gasteiger partial charge in [-0.2, -0.15) is 4.98 Å². The Morgan fingerprint density at radius 1 is 1.30 bits per heavy atom. The van der Waals surface area contributed by atoms with Crippen LogP contribution in [0.2, 0.25) is 0 Å². The largest absolute Gasteiger partial charge is 0.481 e. The lowest BCUT2D eigenvalue weighted by atomic mass is 9.58. The lowest BCUT2D eigenvalue weighted by Crippen LogP contribution is -2.46. The Labute approximate surface area is 158 Å². The van der Waals surface area contributed by atoms with Crippen molar-refractivity contribution in [2.45, 2.75) is 32.1 Å². The molecule has 0 fully saturated rings. The highest BCUT2D eigenvalue weighted by atomic mass is 16.5. The number of rotatable bonds is 2. The number of methoxy groups -OCH3 is 1. The minimum Gasteiger partial charge on any atom is -0.481 e. The molecule has 2 aliphatic rings. The monoisotopic (exact) mass is 360 g/mol. The van der Waals surface area contributed by atoms with Gasteiger partial charge in [0.05, 0.1) is 19.4 Å². The molecule has 2 aromatic heterocycles. The maximum atomic E-state index is 12.5. The molecule has 4 rings (SSSR count). The van der Waals surface area contributed by atoms with Crippen LogP contribution in [-0.4, -0.2) is 27.8 Å². The number of carbonyl (C=O) groups excluding carboxylic acids is 1. The number of Topliss-reactive ketones (excluding diaryl/α,β-unsaturated/α-hetero) is 1. The molecule has 0 bridgehead atoms. The fraction of sp³-hybridized carbons (Fsp3) is 0.381. The zero-order valence-corrected chi connectivity index (χ0v) is 15.6. The van der Waals surface area contributed by atoms with E-state index in [0.717, 1.165) is 29.7 Å². The molecule has 0 amide bonds. The fourth-order valence-electron chi connectivity index (χ4n) is 4.51. The van der Waals surface area contributed by atoms with E-state index >= 15 is 0 Å². The minimum atomic E-state index is -0.501. The smallest absolute Gasteiger partial charge is 0.226 e. The van der Waals surface area contributed by atoms with E-state index < -0.39 is 5.41 Å². The fourth-order valence-corrected chi connectivity index (χ4v) is 4.51. The summed E-state index contributed by atoms with van der Waals surface area (Å²) in [6.45, 7) is 11.4. The molecule has 0 aliphatic heterocycles. The van der Waals surface area contributed by atoms with Gasteiger partial charge in [0.1, 0.15) is 0 Å². The third-order valence-electron chi connectivity index (χ3n) is 5.91. The SMILES string of the molecule is [C-]#[N+]C1=C[C@@]2(C)c3nc(-c4ccncc4)nc(OC)c3CC[C@@H]2[C@@H](C)C1=O. The van der Waals surface area contributed by atoms with E-state index in [0.29, 0.717) is 11.7 Å². The number of ether oxygens (including phenoxy) is 1. The van der Waals surface area contributed by atoms with Crippen molar-refractivity contribution in [3.63, 3.8) is 0 Å². The zero-order chi connectivity index (χ0) is 19.2. The molecule has 6 heteroatoms. The second kappa shape index (κ2) is 6.27. The summed E-state index contributed by atoms with van der Waals surface area (Å²) >= 11 is 0. The van der Waals surface area contributed by atoms with Crippen LogP contribution < -0.4 is 4.74 Å². The average molecular weight is 360 g/mol. The molecular formula is C21H20N4O2. The second-order valence-corrected chi connectivity index (χ2v) is 7.34. The number of allylic oxidation sites excluding steroid dienone is 2. The van der Waals surface area contributed by atoms with Gasteiger partial charge >= 0.3 is 0 Å². The maximum Gasteiger partial charge on any atom is 0.226 e. The molecule has 2 aliphatic carbocycles. The molecule has 0 unspecified atom stereocenters. The minimum absolute atomic E-state index is 0.0636. The van der Waals surface area contributed by atoms with E-state index in [1.165, 1.54) is 0 Å². The van der Waals surface area contributed by atoms with Crippen LogP contribution in [0.3, 0.4) is 0 Å². The van der Waals surface area contributed by atoms with Crippen molar-refractivity contribution < 1.29 is 9.53 Å². The summed E-state index contributed by atoms with van der Waals surface area (Å²) in [5.74, 6) is 0.966. The highest BCUT2D eigenvalue weighted by molar-refractivity contribution is 6.00. The summed E-state index contributed by atoms with van der Waals surface area (Å²) in [6.07, 6.45) is 6.81. The molecule has 2 aromatic rings. The summed E-state index contributed by atoms with van der Waals surface area (Å²) in [7, 11) is 1.61. The van der Waals surface area contributed by atoms with E-state index in [-0.39, 0.29) is 23.3 Å². The van der Waals surface area contributed by atoms with Gasteiger partial charge in [0.2, 0.25) is 11.6 Å². The van der Waals surface area contributed by atoms with Crippen LogP contribution in [0.4, 0.5) is 0 Å². The molecule has 27 heavy (non-hydrogen) atoms. The molecular weight excluding hydrogens is 340 g/mol. The van der Waals surface area contributed by atoms with Crippen molar-refractivity contribution in [3.05, 3.63) is 59.0 Å². The number of carbonyl (C=O) groups is 1. The number of hydrogen-bond acceptors (Lipinski definition) is 5. The standard InChI is InChI=1S/C21H20N4O2/c1-12-15-6-5-14-18(21(15,2)11-16(22-3)17(12)26)24-19(25-20(14)27-4)13-7-9-23-10-8-13/h7-12,15H,5-6H2,1-2,4H3/t12-,15-,21-/m1/s1. The van der Waals surface area contributed by atoms with Crippen molar-refractivity contribution in [2.75, 3.05) is 7.11 Å². The van der Waals surface area contributed by atoms with Crippen LogP contribution in [0.15, 0.2) is 36.3 Å². The molecule has 0 aromatic carbocycles. The third kappa shape index (κ3) is 2.54. The first-order valence-corrected chi connectivity index (χ1v) is 9.00. The Morgan fingerprint density at radius 3 is 2.70 bits per heavy atom. The highest BCUT2D eigenvalue weighted by Gasteiger charge is 2.49. The molecule has 6 nitrogen and oxygen atoms in total. The number of fused-ring (bicyclic) bond motifs is 3. The van der Waals surface area contributed by atoms with Crippen LogP contribution in [0.1, 0.15) is 31.5 Å². The quantitative estimate of drug-likeness (QED) is 0.768. The molecule has 136 valence electrons. The van der Waals surface area contributed by atoms with Gasteiger partial charge in [-0.05, 0) is 30.9 Å².